The minimum atomic E-state index is -0.514. The molecule has 2 fully saturated rings. The summed E-state index contributed by atoms with van der Waals surface area (Å²) in [5.41, 5.74) is 2.01. The van der Waals surface area contributed by atoms with Gasteiger partial charge < -0.3 is 9.80 Å². The fourth-order valence-electron chi connectivity index (χ4n) is 4.14. The lowest BCUT2D eigenvalue weighted by molar-refractivity contribution is -0.384. The number of hydrogen-bond donors (Lipinski definition) is 0. The fraction of sp³-hybridized carbons (Fsp3) is 0.458. The lowest BCUT2D eigenvalue weighted by atomic mass is 10.1. The van der Waals surface area contributed by atoms with Crippen molar-refractivity contribution in [1.29, 1.82) is 0 Å². The van der Waals surface area contributed by atoms with Crippen LogP contribution in [0.4, 0.5) is 17.1 Å². The van der Waals surface area contributed by atoms with E-state index in [1.807, 2.05) is 24.3 Å². The van der Waals surface area contributed by atoms with Gasteiger partial charge in [-0.1, -0.05) is 11.6 Å². The first-order chi connectivity index (χ1) is 15.3. The predicted molar refractivity (Wildman–Crippen MR) is 128 cm³/mol. The van der Waals surface area contributed by atoms with Gasteiger partial charge in [-0.3, -0.25) is 19.8 Å². The van der Waals surface area contributed by atoms with Crippen molar-refractivity contribution in [1.82, 2.24) is 4.90 Å². The summed E-state index contributed by atoms with van der Waals surface area (Å²) < 4.78 is 0. The maximum Gasteiger partial charge on any atom is 0.289 e. The quantitative estimate of drug-likeness (QED) is 0.440. The van der Waals surface area contributed by atoms with Crippen LogP contribution in [0.5, 0.6) is 0 Å². The number of nitro groups is 1. The van der Waals surface area contributed by atoms with Crippen molar-refractivity contribution in [2.45, 2.75) is 32.7 Å². The van der Waals surface area contributed by atoms with Crippen molar-refractivity contribution in [3.63, 3.8) is 0 Å². The van der Waals surface area contributed by atoms with Gasteiger partial charge in [0, 0.05) is 56.1 Å². The molecule has 2 aromatic carbocycles. The molecular weight excluding hydrogens is 428 g/mol. The second-order valence-electron chi connectivity index (χ2n) is 8.92. The van der Waals surface area contributed by atoms with Crippen molar-refractivity contribution >= 4 is 34.6 Å². The molecule has 8 heteroatoms. The number of carbonyl (C=O) groups is 1. The number of carbonyl (C=O) groups excluding carboxylic acids is 1. The first-order valence-corrected chi connectivity index (χ1v) is 11.6. The number of anilines is 2. The van der Waals surface area contributed by atoms with E-state index in [0.29, 0.717) is 29.8 Å². The summed E-state index contributed by atoms with van der Waals surface area (Å²) in [5, 5.41) is 11.4. The first kappa shape index (κ1) is 22.6. The molecule has 4 rings (SSSR count). The average Bonchev–Trinajstić information content (AvgIpc) is 3.62. The molecule has 0 unspecified atom stereocenters. The van der Waals surface area contributed by atoms with Crippen LogP contribution in [0.1, 0.15) is 37.0 Å². The Balaban J connectivity index is 1.52. The Kier molecular flexibility index (Phi) is 6.67. The van der Waals surface area contributed by atoms with Crippen molar-refractivity contribution in [3.8, 4) is 0 Å². The van der Waals surface area contributed by atoms with Gasteiger partial charge in [0.05, 0.1) is 10.6 Å². The largest absolute Gasteiger partial charge is 0.369 e. The smallest absolute Gasteiger partial charge is 0.289 e. The number of nitrogens with zero attached hydrogens (tertiary/aromatic N) is 4. The molecule has 32 heavy (non-hydrogen) atoms. The molecule has 1 saturated heterocycles. The number of piperazine rings is 1. The van der Waals surface area contributed by atoms with Gasteiger partial charge in [0.2, 0.25) is 0 Å². The van der Waals surface area contributed by atoms with E-state index < -0.39 is 4.92 Å². The minimum Gasteiger partial charge on any atom is -0.369 e. The average molecular weight is 457 g/mol. The molecule has 0 spiro atoms. The highest BCUT2D eigenvalue weighted by Crippen LogP contribution is 2.35. The van der Waals surface area contributed by atoms with E-state index in [9.17, 15) is 14.9 Å². The zero-order valence-electron chi connectivity index (χ0n) is 18.5. The summed E-state index contributed by atoms with van der Waals surface area (Å²) in [6, 6.07) is 12.8. The van der Waals surface area contributed by atoms with Gasteiger partial charge in [-0.15, -0.1) is 0 Å². The molecule has 0 radical (unpaired) electrons. The second-order valence-corrected chi connectivity index (χ2v) is 9.32. The van der Waals surface area contributed by atoms with Gasteiger partial charge in [-0.25, -0.2) is 0 Å². The number of amides is 1. The molecule has 1 amide bonds. The van der Waals surface area contributed by atoms with Crippen LogP contribution in [-0.2, 0) is 0 Å². The molecule has 0 atom stereocenters. The summed E-state index contributed by atoms with van der Waals surface area (Å²) in [6.07, 6.45) is 2.14. The van der Waals surface area contributed by atoms with E-state index in [0.717, 1.165) is 44.7 Å². The van der Waals surface area contributed by atoms with E-state index >= 15 is 0 Å². The highest BCUT2D eigenvalue weighted by atomic mass is 35.5. The van der Waals surface area contributed by atoms with E-state index in [4.69, 9.17) is 11.6 Å². The van der Waals surface area contributed by atoms with Crippen molar-refractivity contribution < 1.29 is 9.72 Å². The molecule has 0 N–H and O–H groups in total. The molecule has 7 nitrogen and oxygen atoms in total. The summed E-state index contributed by atoms with van der Waals surface area (Å²) in [4.78, 5) is 30.7. The van der Waals surface area contributed by atoms with E-state index in [-0.39, 0.29) is 16.6 Å². The first-order valence-electron chi connectivity index (χ1n) is 11.2. The molecule has 1 aliphatic heterocycles. The summed E-state index contributed by atoms with van der Waals surface area (Å²) in [6.45, 7) is 8.99. The van der Waals surface area contributed by atoms with Crippen LogP contribution in [0.3, 0.4) is 0 Å². The van der Waals surface area contributed by atoms with Gasteiger partial charge >= 0.3 is 0 Å². The fourth-order valence-corrected chi connectivity index (χ4v) is 4.33. The van der Waals surface area contributed by atoms with Crippen LogP contribution in [0.2, 0.25) is 5.02 Å². The van der Waals surface area contributed by atoms with Crippen molar-refractivity contribution in [2.75, 3.05) is 42.5 Å². The van der Waals surface area contributed by atoms with Gasteiger partial charge in [0.1, 0.15) is 5.02 Å². The third-order valence-electron chi connectivity index (χ3n) is 6.34. The second kappa shape index (κ2) is 9.46. The van der Waals surface area contributed by atoms with Gasteiger partial charge in [-0.2, -0.15) is 0 Å². The molecule has 0 aromatic heterocycles. The number of nitro benzene ring substituents is 1. The number of rotatable bonds is 7. The molecule has 1 saturated carbocycles. The number of hydrogen-bond acceptors (Lipinski definition) is 5. The van der Waals surface area contributed by atoms with Crippen LogP contribution >= 0.6 is 11.6 Å². The van der Waals surface area contributed by atoms with Crippen LogP contribution in [0.15, 0.2) is 42.5 Å². The van der Waals surface area contributed by atoms with Crippen LogP contribution in [-0.4, -0.2) is 54.5 Å². The topological polar surface area (TPSA) is 69.9 Å². The predicted octanol–water partition coefficient (Wildman–Crippen LogP) is 4.84. The van der Waals surface area contributed by atoms with Crippen LogP contribution in [0.25, 0.3) is 0 Å². The van der Waals surface area contributed by atoms with Crippen molar-refractivity contribution in [3.05, 3.63) is 63.2 Å². The molecule has 2 aliphatic rings. The molecule has 0 bridgehead atoms. The Bertz CT molecular complexity index is 983. The molecular formula is C24H29ClN4O3. The molecule has 1 heterocycles. The van der Waals surface area contributed by atoms with Gasteiger partial charge in [0.15, 0.2) is 0 Å². The third kappa shape index (κ3) is 5.05. The molecule has 170 valence electrons. The SMILES string of the molecule is CC(C)N1CCN(c2ccc(C(=O)N(CC3CC3)c3ccc(Cl)c([N+](=O)[O-])c3)cc2)CC1. The van der Waals surface area contributed by atoms with Crippen molar-refractivity contribution in [2.24, 2.45) is 5.92 Å². The van der Waals surface area contributed by atoms with Crippen LogP contribution < -0.4 is 9.80 Å². The maximum absolute atomic E-state index is 13.4. The lowest BCUT2D eigenvalue weighted by Crippen LogP contribution is -2.48. The number of benzene rings is 2. The Labute approximate surface area is 193 Å². The zero-order chi connectivity index (χ0) is 22.8. The molecule has 2 aromatic rings. The maximum atomic E-state index is 13.4. The molecule has 1 aliphatic carbocycles. The van der Waals surface area contributed by atoms with E-state index in [2.05, 4.69) is 23.6 Å². The van der Waals surface area contributed by atoms with Gasteiger partial charge in [-0.05, 0) is 69.0 Å². The van der Waals surface area contributed by atoms with Gasteiger partial charge in [0.25, 0.3) is 11.6 Å². The monoisotopic (exact) mass is 456 g/mol. The minimum absolute atomic E-state index is 0.0690. The summed E-state index contributed by atoms with van der Waals surface area (Å²) >= 11 is 5.98. The summed E-state index contributed by atoms with van der Waals surface area (Å²) in [5.74, 6) is 0.287. The third-order valence-corrected chi connectivity index (χ3v) is 6.66. The standard InChI is InChI=1S/C24H29ClN4O3/c1-17(2)26-11-13-27(14-12-26)20-7-5-19(6-8-20)24(30)28(16-18-3-4-18)21-9-10-22(25)23(15-21)29(31)32/h5-10,15,17-18H,3-4,11-14,16H2,1-2H3. The normalized spacial score (nSPS) is 16.9. The Morgan fingerprint density at radius 3 is 2.34 bits per heavy atom. The zero-order valence-corrected chi connectivity index (χ0v) is 19.3. The van der Waals surface area contributed by atoms with E-state index in [1.165, 1.54) is 12.1 Å². The Hall–Kier alpha value is -2.64. The lowest BCUT2D eigenvalue weighted by Gasteiger charge is -2.38. The van der Waals surface area contributed by atoms with Crippen LogP contribution in [0, 0.1) is 16.0 Å². The Morgan fingerprint density at radius 1 is 1.12 bits per heavy atom. The Morgan fingerprint density at radius 2 is 1.78 bits per heavy atom. The highest BCUT2D eigenvalue weighted by molar-refractivity contribution is 6.32. The highest BCUT2D eigenvalue weighted by Gasteiger charge is 2.29. The summed E-state index contributed by atoms with van der Waals surface area (Å²) in [7, 11) is 0. The number of halogens is 1. The van der Waals surface area contributed by atoms with E-state index in [1.54, 1.807) is 11.0 Å².